The van der Waals surface area contributed by atoms with Crippen LogP contribution in [0.4, 0.5) is 13.2 Å². The Balaban J connectivity index is 2.39. The van der Waals surface area contributed by atoms with E-state index in [9.17, 15) is 26.4 Å². The quantitative estimate of drug-likeness (QED) is 0.591. The SMILES string of the molecule is Cc1cnc(C(CC(=O)O)c2cccc(OS(=O)(=O)C(F)(F)F)n2)s1. The summed E-state index contributed by atoms with van der Waals surface area (Å²) < 4.78 is 63.3. The molecule has 2 aromatic heterocycles. The van der Waals surface area contributed by atoms with E-state index in [0.717, 1.165) is 10.9 Å². The van der Waals surface area contributed by atoms with Crippen LogP contribution in [-0.2, 0) is 14.9 Å². The number of thiazole rings is 1. The smallest absolute Gasteiger partial charge is 0.481 e. The number of halogens is 3. The zero-order valence-electron chi connectivity index (χ0n) is 12.5. The van der Waals surface area contributed by atoms with Crippen molar-refractivity contribution in [1.29, 1.82) is 0 Å². The molecule has 2 heterocycles. The van der Waals surface area contributed by atoms with Crippen LogP contribution in [0.5, 0.6) is 5.88 Å². The van der Waals surface area contributed by atoms with Gasteiger partial charge in [-0.05, 0) is 13.0 Å². The van der Waals surface area contributed by atoms with Gasteiger partial charge in [0.1, 0.15) is 5.01 Å². The minimum Gasteiger partial charge on any atom is -0.481 e. The summed E-state index contributed by atoms with van der Waals surface area (Å²) in [5, 5.41) is 9.44. The van der Waals surface area contributed by atoms with Crippen LogP contribution < -0.4 is 4.18 Å². The van der Waals surface area contributed by atoms with Gasteiger partial charge in [0.15, 0.2) is 0 Å². The average molecular weight is 396 g/mol. The number of hydrogen-bond donors (Lipinski definition) is 1. The summed E-state index contributed by atoms with van der Waals surface area (Å²) in [6, 6.07) is 3.51. The average Bonchev–Trinajstić information content (AvgIpc) is 2.89. The van der Waals surface area contributed by atoms with Crippen LogP contribution in [0.1, 0.15) is 27.9 Å². The topological polar surface area (TPSA) is 106 Å². The molecule has 25 heavy (non-hydrogen) atoms. The molecule has 0 amide bonds. The highest BCUT2D eigenvalue weighted by Gasteiger charge is 2.48. The highest BCUT2D eigenvalue weighted by Crippen LogP contribution is 2.32. The molecule has 1 unspecified atom stereocenters. The van der Waals surface area contributed by atoms with Gasteiger partial charge in [-0.3, -0.25) is 4.79 Å². The van der Waals surface area contributed by atoms with Crippen LogP contribution in [0.3, 0.4) is 0 Å². The molecule has 0 saturated carbocycles. The van der Waals surface area contributed by atoms with Crippen LogP contribution in [0, 0.1) is 6.92 Å². The Labute approximate surface area is 144 Å². The maximum atomic E-state index is 12.4. The van der Waals surface area contributed by atoms with Gasteiger partial charge in [-0.25, -0.2) is 9.97 Å². The van der Waals surface area contributed by atoms with Crippen LogP contribution in [0.15, 0.2) is 24.4 Å². The van der Waals surface area contributed by atoms with Crippen molar-refractivity contribution in [1.82, 2.24) is 9.97 Å². The molecule has 0 fully saturated rings. The summed E-state index contributed by atoms with van der Waals surface area (Å²) in [6.07, 6.45) is 1.10. The molecule has 2 rings (SSSR count). The second kappa shape index (κ2) is 6.96. The van der Waals surface area contributed by atoms with Gasteiger partial charge in [-0.15, -0.1) is 11.3 Å². The van der Waals surface area contributed by atoms with Gasteiger partial charge in [0.2, 0.25) is 5.88 Å². The fourth-order valence-corrected chi connectivity index (χ4v) is 3.16. The van der Waals surface area contributed by atoms with E-state index < -0.39 is 39.8 Å². The van der Waals surface area contributed by atoms with E-state index >= 15 is 0 Å². The third kappa shape index (κ3) is 4.66. The Morgan fingerprint density at radius 2 is 2.08 bits per heavy atom. The monoisotopic (exact) mass is 396 g/mol. The molecule has 0 saturated heterocycles. The van der Waals surface area contributed by atoms with Crippen LogP contribution in [-0.4, -0.2) is 35.0 Å². The maximum Gasteiger partial charge on any atom is 0.534 e. The van der Waals surface area contributed by atoms with Gasteiger partial charge in [-0.1, -0.05) is 6.07 Å². The Kier molecular flexibility index (Phi) is 5.32. The largest absolute Gasteiger partial charge is 0.534 e. The van der Waals surface area contributed by atoms with Gasteiger partial charge >= 0.3 is 21.6 Å². The van der Waals surface area contributed by atoms with Crippen molar-refractivity contribution in [3.8, 4) is 5.88 Å². The van der Waals surface area contributed by atoms with E-state index in [1.54, 1.807) is 6.92 Å². The minimum absolute atomic E-state index is 0.0339. The van der Waals surface area contributed by atoms with E-state index in [1.165, 1.54) is 29.7 Å². The third-order valence-corrected chi connectivity index (χ3v) is 4.88. The van der Waals surface area contributed by atoms with Crippen molar-refractivity contribution in [2.45, 2.75) is 24.8 Å². The molecular weight excluding hydrogens is 385 g/mol. The second-order valence-electron chi connectivity index (χ2n) is 4.84. The third-order valence-electron chi connectivity index (χ3n) is 2.90. The van der Waals surface area contributed by atoms with Gasteiger partial charge in [0, 0.05) is 17.1 Å². The number of hydrogen-bond acceptors (Lipinski definition) is 7. The molecule has 0 aliphatic rings. The number of rotatable bonds is 6. The number of aryl methyl sites for hydroxylation is 1. The standard InChI is InChI=1S/C13H11F3N2O5S2/c1-7-6-17-12(24-7)8(5-11(19)20)9-3-2-4-10(18-9)23-25(21,22)13(14,15)16/h2-4,6,8H,5H2,1H3,(H,19,20). The molecule has 7 nitrogen and oxygen atoms in total. The lowest BCUT2D eigenvalue weighted by atomic mass is 10.0. The fraction of sp³-hybridized carbons (Fsp3) is 0.308. The summed E-state index contributed by atoms with van der Waals surface area (Å²) in [5.41, 5.74) is -5.57. The van der Waals surface area contributed by atoms with Gasteiger partial charge in [-0.2, -0.15) is 21.6 Å². The molecule has 12 heteroatoms. The molecule has 1 atom stereocenters. The van der Waals surface area contributed by atoms with Gasteiger partial charge in [0.05, 0.1) is 18.0 Å². The molecule has 0 aromatic carbocycles. The molecule has 0 aliphatic heterocycles. The van der Waals surface area contributed by atoms with E-state index in [2.05, 4.69) is 14.2 Å². The number of carbonyl (C=O) groups is 1. The first-order chi connectivity index (χ1) is 11.5. The number of aliphatic carboxylic acids is 1. The molecular formula is C13H11F3N2O5S2. The molecule has 2 aromatic rings. The lowest BCUT2D eigenvalue weighted by Gasteiger charge is -2.13. The van der Waals surface area contributed by atoms with Gasteiger partial charge < -0.3 is 9.29 Å². The van der Waals surface area contributed by atoms with Crippen molar-refractivity contribution in [3.05, 3.63) is 40.0 Å². The Morgan fingerprint density at radius 3 is 2.60 bits per heavy atom. The van der Waals surface area contributed by atoms with Crippen molar-refractivity contribution < 1.29 is 35.7 Å². The first-order valence-electron chi connectivity index (χ1n) is 6.61. The number of pyridine rings is 1. The first-order valence-corrected chi connectivity index (χ1v) is 8.84. The molecule has 0 spiro atoms. The summed E-state index contributed by atoms with van der Waals surface area (Å²) in [4.78, 5) is 19.7. The summed E-state index contributed by atoms with van der Waals surface area (Å²) in [5.74, 6) is -2.83. The second-order valence-corrected chi connectivity index (χ2v) is 7.65. The molecule has 0 aliphatic carbocycles. The number of aromatic nitrogens is 2. The summed E-state index contributed by atoms with van der Waals surface area (Å²) in [7, 11) is -5.87. The maximum absolute atomic E-state index is 12.4. The van der Waals surface area contributed by atoms with E-state index in [0.29, 0.717) is 5.01 Å². The zero-order valence-corrected chi connectivity index (χ0v) is 14.2. The summed E-state index contributed by atoms with van der Waals surface area (Å²) in [6.45, 7) is 1.75. The lowest BCUT2D eigenvalue weighted by molar-refractivity contribution is -0.137. The number of nitrogens with zero attached hydrogens (tertiary/aromatic N) is 2. The predicted molar refractivity (Wildman–Crippen MR) is 80.8 cm³/mol. The van der Waals surface area contributed by atoms with Gasteiger partial charge in [0.25, 0.3) is 0 Å². The Hall–Kier alpha value is -2.21. The predicted octanol–water partition coefficient (Wildman–Crippen LogP) is 2.68. The van der Waals surface area contributed by atoms with Crippen LogP contribution in [0.25, 0.3) is 0 Å². The van der Waals surface area contributed by atoms with Crippen molar-refractivity contribution in [2.75, 3.05) is 0 Å². The van der Waals surface area contributed by atoms with E-state index in [4.69, 9.17) is 5.11 Å². The normalized spacial score (nSPS) is 13.4. The van der Waals surface area contributed by atoms with Crippen molar-refractivity contribution in [2.24, 2.45) is 0 Å². The fourth-order valence-electron chi connectivity index (χ4n) is 1.86. The molecule has 0 radical (unpaired) electrons. The molecule has 136 valence electrons. The highest BCUT2D eigenvalue weighted by atomic mass is 32.2. The zero-order chi connectivity index (χ0) is 18.8. The first kappa shape index (κ1) is 19.1. The van der Waals surface area contributed by atoms with Crippen LogP contribution in [0.2, 0.25) is 0 Å². The van der Waals surface area contributed by atoms with Crippen molar-refractivity contribution >= 4 is 27.4 Å². The minimum atomic E-state index is -5.87. The Morgan fingerprint density at radius 1 is 1.40 bits per heavy atom. The number of alkyl halides is 3. The molecule has 1 N–H and O–H groups in total. The number of carboxylic acids is 1. The Bertz CT molecular complexity index is 880. The van der Waals surface area contributed by atoms with E-state index in [1.807, 2.05) is 0 Å². The lowest BCUT2D eigenvalue weighted by Crippen LogP contribution is -2.28. The highest BCUT2D eigenvalue weighted by molar-refractivity contribution is 7.87. The summed E-state index contributed by atoms with van der Waals surface area (Å²) >= 11 is 1.20. The van der Waals surface area contributed by atoms with E-state index in [-0.39, 0.29) is 5.69 Å². The molecule has 0 bridgehead atoms. The van der Waals surface area contributed by atoms with Crippen LogP contribution >= 0.6 is 11.3 Å². The van der Waals surface area contributed by atoms with Crippen molar-refractivity contribution in [3.63, 3.8) is 0 Å². The number of carboxylic acid groups (broad SMARTS) is 1.